The number of carbonyl (C=O) groups excluding carboxylic acids is 1. The van der Waals surface area contributed by atoms with Crippen molar-refractivity contribution in [1.82, 2.24) is 10.2 Å². The average Bonchev–Trinajstić information content (AvgIpc) is 2.53. The lowest BCUT2D eigenvalue weighted by Crippen LogP contribution is -2.45. The third kappa shape index (κ3) is 6.01. The number of aryl methyl sites for hydroxylation is 1. The quantitative estimate of drug-likeness (QED) is 0.808. The topological polar surface area (TPSA) is 78.5 Å². The third-order valence-corrected chi connectivity index (χ3v) is 5.39. The van der Waals surface area contributed by atoms with Crippen LogP contribution in [0.2, 0.25) is 0 Å². The van der Waals surface area contributed by atoms with Gasteiger partial charge in [0.15, 0.2) is 0 Å². The van der Waals surface area contributed by atoms with Gasteiger partial charge in [-0.2, -0.15) is 0 Å². The van der Waals surface area contributed by atoms with Crippen LogP contribution in [0, 0.1) is 12.8 Å². The molecule has 1 aromatic rings. The van der Waals surface area contributed by atoms with Crippen LogP contribution in [-0.4, -0.2) is 51.2 Å². The Morgan fingerprint density at radius 1 is 1.32 bits per heavy atom. The predicted octanol–water partition coefficient (Wildman–Crippen LogP) is 2.22. The molecule has 1 atom stereocenters. The van der Waals surface area contributed by atoms with Gasteiger partial charge in [-0.3, -0.25) is 14.4 Å². The molecule has 1 saturated heterocycles. The number of carbonyl (C=O) groups is 1. The first kappa shape index (κ1) is 19.7. The monoisotopic (exact) mass is 367 g/mol. The Balaban J connectivity index is 1.95. The van der Waals surface area contributed by atoms with E-state index in [2.05, 4.69) is 28.8 Å². The van der Waals surface area contributed by atoms with E-state index in [0.717, 1.165) is 30.8 Å². The summed E-state index contributed by atoms with van der Waals surface area (Å²) in [6.45, 7) is 8.94. The SMILES string of the molecule is Cc1ccc(C(=O)NC[C@@H](C)N2CCC(C)CC2)cc1NS(C)(=O)=O. The minimum atomic E-state index is -3.38. The van der Waals surface area contributed by atoms with Gasteiger partial charge in [0.2, 0.25) is 10.0 Å². The molecule has 7 heteroatoms. The lowest BCUT2D eigenvalue weighted by Gasteiger charge is -2.35. The van der Waals surface area contributed by atoms with Crippen LogP contribution in [0.3, 0.4) is 0 Å². The van der Waals surface area contributed by atoms with E-state index < -0.39 is 10.0 Å². The van der Waals surface area contributed by atoms with E-state index in [1.54, 1.807) is 25.1 Å². The maximum absolute atomic E-state index is 12.4. The smallest absolute Gasteiger partial charge is 0.251 e. The fraction of sp³-hybridized carbons (Fsp3) is 0.611. The minimum Gasteiger partial charge on any atom is -0.350 e. The lowest BCUT2D eigenvalue weighted by molar-refractivity contribution is 0.0921. The molecule has 2 N–H and O–H groups in total. The Bertz CT molecular complexity index is 710. The molecule has 0 bridgehead atoms. The molecular weight excluding hydrogens is 338 g/mol. The molecule has 0 aliphatic carbocycles. The number of anilines is 1. The van der Waals surface area contributed by atoms with Gasteiger partial charge in [0.05, 0.1) is 11.9 Å². The van der Waals surface area contributed by atoms with Crippen molar-refractivity contribution in [1.29, 1.82) is 0 Å². The molecule has 140 valence electrons. The highest BCUT2D eigenvalue weighted by molar-refractivity contribution is 7.92. The highest BCUT2D eigenvalue weighted by atomic mass is 32.2. The molecule has 0 aromatic heterocycles. The molecule has 1 aliphatic rings. The summed E-state index contributed by atoms with van der Waals surface area (Å²) in [5.41, 5.74) is 1.67. The van der Waals surface area contributed by atoms with Crippen molar-refractivity contribution in [2.24, 2.45) is 5.92 Å². The van der Waals surface area contributed by atoms with Crippen LogP contribution in [0.15, 0.2) is 18.2 Å². The summed E-state index contributed by atoms with van der Waals surface area (Å²) in [5, 5.41) is 2.96. The highest BCUT2D eigenvalue weighted by Crippen LogP contribution is 2.19. The molecule has 2 rings (SSSR count). The van der Waals surface area contributed by atoms with E-state index in [0.29, 0.717) is 17.8 Å². The number of rotatable bonds is 6. The van der Waals surface area contributed by atoms with Crippen molar-refractivity contribution in [3.63, 3.8) is 0 Å². The largest absolute Gasteiger partial charge is 0.350 e. The van der Waals surface area contributed by atoms with Crippen molar-refractivity contribution in [3.8, 4) is 0 Å². The van der Waals surface area contributed by atoms with Gasteiger partial charge in [-0.05, 0) is 63.4 Å². The average molecular weight is 368 g/mol. The number of hydrogen-bond acceptors (Lipinski definition) is 4. The number of piperidine rings is 1. The zero-order valence-electron chi connectivity index (χ0n) is 15.5. The number of amides is 1. The minimum absolute atomic E-state index is 0.186. The van der Waals surface area contributed by atoms with Gasteiger partial charge in [0, 0.05) is 18.2 Å². The van der Waals surface area contributed by atoms with Crippen molar-refractivity contribution in [2.45, 2.75) is 39.7 Å². The molecule has 1 fully saturated rings. The molecule has 1 amide bonds. The van der Waals surface area contributed by atoms with Crippen LogP contribution in [0.5, 0.6) is 0 Å². The van der Waals surface area contributed by atoms with Crippen molar-refractivity contribution in [3.05, 3.63) is 29.3 Å². The Kier molecular flexibility index (Phi) is 6.46. The van der Waals surface area contributed by atoms with Gasteiger partial charge in [0.25, 0.3) is 5.91 Å². The van der Waals surface area contributed by atoms with Crippen molar-refractivity contribution in [2.75, 3.05) is 30.6 Å². The number of benzene rings is 1. The Morgan fingerprint density at radius 2 is 1.96 bits per heavy atom. The second-order valence-electron chi connectivity index (χ2n) is 7.18. The van der Waals surface area contributed by atoms with E-state index in [-0.39, 0.29) is 11.9 Å². The summed E-state index contributed by atoms with van der Waals surface area (Å²) in [7, 11) is -3.38. The lowest BCUT2D eigenvalue weighted by atomic mass is 9.98. The first-order valence-electron chi connectivity index (χ1n) is 8.76. The standard InChI is InChI=1S/C18H29N3O3S/c1-13-7-9-21(10-8-13)15(3)12-19-18(22)16-6-5-14(2)17(11-16)20-25(4,23)24/h5-6,11,13,15,20H,7-10,12H2,1-4H3,(H,19,22)/t15-/m1/s1. The van der Waals surface area contributed by atoms with E-state index >= 15 is 0 Å². The molecule has 1 aromatic carbocycles. The normalized spacial score (nSPS) is 17.9. The van der Waals surface area contributed by atoms with E-state index in [9.17, 15) is 13.2 Å². The van der Waals surface area contributed by atoms with Gasteiger partial charge in [0.1, 0.15) is 0 Å². The first-order valence-corrected chi connectivity index (χ1v) is 10.7. The van der Waals surface area contributed by atoms with E-state index in [1.165, 1.54) is 12.8 Å². The zero-order valence-corrected chi connectivity index (χ0v) is 16.3. The maximum atomic E-state index is 12.4. The molecule has 0 radical (unpaired) electrons. The first-order chi connectivity index (χ1) is 11.7. The number of sulfonamides is 1. The summed E-state index contributed by atoms with van der Waals surface area (Å²) in [6, 6.07) is 5.33. The third-order valence-electron chi connectivity index (χ3n) is 4.79. The van der Waals surface area contributed by atoms with E-state index in [4.69, 9.17) is 0 Å². The molecular formula is C18H29N3O3S. The Labute approximate surface area is 151 Å². The molecule has 1 heterocycles. The highest BCUT2D eigenvalue weighted by Gasteiger charge is 2.21. The molecule has 0 saturated carbocycles. The van der Waals surface area contributed by atoms with Gasteiger partial charge >= 0.3 is 0 Å². The maximum Gasteiger partial charge on any atom is 0.251 e. The fourth-order valence-corrected chi connectivity index (χ4v) is 3.63. The zero-order chi connectivity index (χ0) is 18.6. The van der Waals surface area contributed by atoms with Crippen LogP contribution < -0.4 is 10.0 Å². The molecule has 25 heavy (non-hydrogen) atoms. The van der Waals surface area contributed by atoms with Crippen molar-refractivity contribution < 1.29 is 13.2 Å². The van der Waals surface area contributed by atoms with Crippen LogP contribution in [0.4, 0.5) is 5.69 Å². The van der Waals surface area contributed by atoms with Gasteiger partial charge < -0.3 is 5.32 Å². The van der Waals surface area contributed by atoms with Crippen LogP contribution >= 0.6 is 0 Å². The number of nitrogens with zero attached hydrogens (tertiary/aromatic N) is 1. The number of likely N-dealkylation sites (tertiary alicyclic amines) is 1. The van der Waals surface area contributed by atoms with Gasteiger partial charge in [-0.1, -0.05) is 13.0 Å². The van der Waals surface area contributed by atoms with E-state index in [1.807, 2.05) is 0 Å². The molecule has 6 nitrogen and oxygen atoms in total. The van der Waals surface area contributed by atoms with Crippen LogP contribution in [-0.2, 0) is 10.0 Å². The summed E-state index contributed by atoms with van der Waals surface area (Å²) in [5.74, 6) is 0.597. The molecule has 0 spiro atoms. The van der Waals surface area contributed by atoms with Crippen molar-refractivity contribution >= 4 is 21.6 Å². The Morgan fingerprint density at radius 3 is 2.56 bits per heavy atom. The predicted molar refractivity (Wildman–Crippen MR) is 101 cm³/mol. The second-order valence-corrected chi connectivity index (χ2v) is 8.93. The summed E-state index contributed by atoms with van der Waals surface area (Å²) >= 11 is 0. The molecule has 0 unspecified atom stereocenters. The Hall–Kier alpha value is -1.60. The summed E-state index contributed by atoms with van der Waals surface area (Å²) < 4.78 is 25.3. The van der Waals surface area contributed by atoms with Gasteiger partial charge in [-0.15, -0.1) is 0 Å². The number of hydrogen-bond donors (Lipinski definition) is 2. The van der Waals surface area contributed by atoms with Gasteiger partial charge in [-0.25, -0.2) is 8.42 Å². The van der Waals surface area contributed by atoms with Crippen LogP contribution in [0.1, 0.15) is 42.6 Å². The molecule has 1 aliphatic heterocycles. The van der Waals surface area contributed by atoms with Crippen LogP contribution in [0.25, 0.3) is 0 Å². The fourth-order valence-electron chi connectivity index (χ4n) is 3.01. The number of nitrogens with one attached hydrogen (secondary N) is 2. The summed E-state index contributed by atoms with van der Waals surface area (Å²) in [6.07, 6.45) is 3.51. The summed E-state index contributed by atoms with van der Waals surface area (Å²) in [4.78, 5) is 14.8. The second kappa shape index (κ2) is 8.19.